The fraction of sp³-hybridized carbons (Fsp3) is 0.667. The zero-order valence-electron chi connectivity index (χ0n) is 9.94. The number of aryl methyl sites for hydroxylation is 1. The summed E-state index contributed by atoms with van der Waals surface area (Å²) in [5, 5.41) is 7.70. The second-order valence-electron chi connectivity index (χ2n) is 4.78. The quantitative estimate of drug-likeness (QED) is 0.805. The second-order valence-corrected chi connectivity index (χ2v) is 4.78. The van der Waals surface area contributed by atoms with Crippen molar-refractivity contribution in [2.75, 3.05) is 6.54 Å². The number of hydrogen-bond acceptors (Lipinski definition) is 3. The van der Waals surface area contributed by atoms with Gasteiger partial charge in [-0.1, -0.05) is 6.92 Å². The van der Waals surface area contributed by atoms with Gasteiger partial charge in [-0.05, 0) is 38.3 Å². The van der Waals surface area contributed by atoms with Gasteiger partial charge in [0.15, 0.2) is 0 Å². The van der Waals surface area contributed by atoms with Crippen LogP contribution < -0.4 is 10.9 Å². The van der Waals surface area contributed by atoms with Gasteiger partial charge >= 0.3 is 0 Å². The van der Waals surface area contributed by atoms with Gasteiger partial charge < -0.3 is 5.32 Å². The molecule has 16 heavy (non-hydrogen) atoms. The maximum atomic E-state index is 11.5. The van der Waals surface area contributed by atoms with Crippen molar-refractivity contribution < 1.29 is 0 Å². The molecule has 0 radical (unpaired) electrons. The lowest BCUT2D eigenvalue weighted by atomic mass is 10.2. The first-order valence-electron chi connectivity index (χ1n) is 5.93. The summed E-state index contributed by atoms with van der Waals surface area (Å²) >= 11 is 0. The maximum Gasteiger partial charge on any atom is 0.266 e. The summed E-state index contributed by atoms with van der Waals surface area (Å²) in [5.74, 6) is 0.438. The van der Waals surface area contributed by atoms with E-state index in [1.54, 1.807) is 16.8 Å². The van der Waals surface area contributed by atoms with Crippen LogP contribution in [0.15, 0.2) is 16.9 Å². The molecular formula is C12H19N3O. The van der Waals surface area contributed by atoms with Crippen LogP contribution >= 0.6 is 0 Å². The summed E-state index contributed by atoms with van der Waals surface area (Å²) in [4.78, 5) is 11.5. The van der Waals surface area contributed by atoms with Crippen LogP contribution in [0.4, 0.5) is 0 Å². The minimum absolute atomic E-state index is 0.0103. The van der Waals surface area contributed by atoms with Crippen LogP contribution in [-0.4, -0.2) is 22.4 Å². The van der Waals surface area contributed by atoms with Crippen LogP contribution in [0.3, 0.4) is 0 Å². The monoisotopic (exact) mass is 221 g/mol. The highest BCUT2D eigenvalue weighted by molar-refractivity contribution is 4.97. The molecule has 4 heteroatoms. The van der Waals surface area contributed by atoms with Crippen molar-refractivity contribution in [3.8, 4) is 0 Å². The molecule has 1 heterocycles. The first kappa shape index (κ1) is 11.3. The molecule has 0 bridgehead atoms. The van der Waals surface area contributed by atoms with Crippen LogP contribution in [0.5, 0.6) is 0 Å². The average Bonchev–Trinajstić information content (AvgIpc) is 3.04. The molecule has 1 fully saturated rings. The molecule has 0 amide bonds. The number of hydrogen-bond donors (Lipinski definition) is 1. The topological polar surface area (TPSA) is 46.9 Å². The molecule has 0 aliphatic heterocycles. The van der Waals surface area contributed by atoms with E-state index in [0.29, 0.717) is 12.5 Å². The molecule has 0 aromatic carbocycles. The number of rotatable bonds is 5. The molecule has 0 saturated heterocycles. The first-order chi connectivity index (χ1) is 7.65. The van der Waals surface area contributed by atoms with E-state index in [9.17, 15) is 4.79 Å². The standard InChI is InChI=1S/C12H19N3O/c1-9(7-13-11-4-5-11)8-15-12(16)6-3-10(2)14-15/h3,6,9,11,13H,4-5,7-8H2,1-2H3. The van der Waals surface area contributed by atoms with Crippen LogP contribution in [0.2, 0.25) is 0 Å². The molecule has 1 aliphatic carbocycles. The largest absolute Gasteiger partial charge is 0.314 e. The Morgan fingerprint density at radius 1 is 1.56 bits per heavy atom. The van der Waals surface area contributed by atoms with E-state index in [2.05, 4.69) is 17.3 Å². The van der Waals surface area contributed by atoms with Crippen LogP contribution in [0.1, 0.15) is 25.5 Å². The number of nitrogens with one attached hydrogen (secondary N) is 1. The van der Waals surface area contributed by atoms with Gasteiger partial charge in [0.05, 0.1) is 5.69 Å². The normalized spacial score (nSPS) is 17.4. The van der Waals surface area contributed by atoms with E-state index in [4.69, 9.17) is 0 Å². The lowest BCUT2D eigenvalue weighted by Crippen LogP contribution is -2.31. The summed E-state index contributed by atoms with van der Waals surface area (Å²) in [6.45, 7) is 5.71. The van der Waals surface area contributed by atoms with Crippen molar-refractivity contribution in [3.05, 3.63) is 28.2 Å². The van der Waals surface area contributed by atoms with Gasteiger partial charge in [0.25, 0.3) is 5.56 Å². The summed E-state index contributed by atoms with van der Waals surface area (Å²) in [5.41, 5.74) is 0.880. The first-order valence-corrected chi connectivity index (χ1v) is 5.93. The minimum atomic E-state index is -0.0103. The Balaban J connectivity index is 1.90. The molecule has 1 N–H and O–H groups in total. The van der Waals surface area contributed by atoms with Gasteiger partial charge in [0.2, 0.25) is 0 Å². The SMILES string of the molecule is Cc1ccc(=O)n(CC(C)CNC2CC2)n1. The molecule has 88 valence electrons. The van der Waals surface area contributed by atoms with Gasteiger partial charge in [-0.15, -0.1) is 0 Å². The molecule has 1 unspecified atom stereocenters. The van der Waals surface area contributed by atoms with Crippen LogP contribution in [0, 0.1) is 12.8 Å². The Morgan fingerprint density at radius 2 is 2.31 bits per heavy atom. The number of aromatic nitrogens is 2. The Kier molecular flexibility index (Phi) is 3.39. The van der Waals surface area contributed by atoms with Crippen molar-refractivity contribution in [3.63, 3.8) is 0 Å². The van der Waals surface area contributed by atoms with E-state index >= 15 is 0 Å². The third-order valence-corrected chi connectivity index (χ3v) is 2.82. The van der Waals surface area contributed by atoms with E-state index in [0.717, 1.165) is 18.3 Å². The van der Waals surface area contributed by atoms with Gasteiger partial charge in [-0.3, -0.25) is 4.79 Å². The Hall–Kier alpha value is -1.16. The molecule has 1 aromatic heterocycles. The Labute approximate surface area is 95.7 Å². The summed E-state index contributed by atoms with van der Waals surface area (Å²) in [6, 6.07) is 4.07. The molecule has 1 aliphatic rings. The zero-order chi connectivity index (χ0) is 11.5. The molecule has 1 atom stereocenters. The van der Waals surface area contributed by atoms with Crippen LogP contribution in [-0.2, 0) is 6.54 Å². The highest BCUT2D eigenvalue weighted by Gasteiger charge is 2.20. The maximum absolute atomic E-state index is 11.5. The average molecular weight is 221 g/mol. The second kappa shape index (κ2) is 4.78. The molecule has 1 saturated carbocycles. The summed E-state index contributed by atoms with van der Waals surface area (Å²) < 4.78 is 1.56. The smallest absolute Gasteiger partial charge is 0.266 e. The molecule has 0 spiro atoms. The Morgan fingerprint density at radius 3 is 3.00 bits per heavy atom. The predicted octanol–water partition coefficient (Wildman–Crippen LogP) is 0.940. The van der Waals surface area contributed by atoms with E-state index < -0.39 is 0 Å². The van der Waals surface area contributed by atoms with Crippen molar-refractivity contribution in [1.82, 2.24) is 15.1 Å². The molecular weight excluding hydrogens is 202 g/mol. The highest BCUT2D eigenvalue weighted by atomic mass is 16.1. The van der Waals surface area contributed by atoms with Gasteiger partial charge in [-0.2, -0.15) is 5.10 Å². The lowest BCUT2D eigenvalue weighted by molar-refractivity contribution is 0.407. The number of nitrogens with zero attached hydrogens (tertiary/aromatic N) is 2. The third kappa shape index (κ3) is 3.17. The summed E-state index contributed by atoms with van der Waals surface area (Å²) in [6.07, 6.45) is 2.60. The van der Waals surface area contributed by atoms with E-state index in [1.165, 1.54) is 12.8 Å². The van der Waals surface area contributed by atoms with E-state index in [-0.39, 0.29) is 5.56 Å². The molecule has 2 rings (SSSR count). The van der Waals surface area contributed by atoms with Crippen molar-refractivity contribution in [2.45, 2.75) is 39.3 Å². The van der Waals surface area contributed by atoms with Crippen LogP contribution in [0.25, 0.3) is 0 Å². The van der Waals surface area contributed by atoms with Crippen molar-refractivity contribution >= 4 is 0 Å². The predicted molar refractivity (Wildman–Crippen MR) is 63.4 cm³/mol. The van der Waals surface area contributed by atoms with E-state index in [1.807, 2.05) is 6.92 Å². The fourth-order valence-electron chi connectivity index (χ4n) is 1.70. The fourth-order valence-corrected chi connectivity index (χ4v) is 1.70. The summed E-state index contributed by atoms with van der Waals surface area (Å²) in [7, 11) is 0. The minimum Gasteiger partial charge on any atom is -0.314 e. The third-order valence-electron chi connectivity index (χ3n) is 2.82. The lowest BCUT2D eigenvalue weighted by Gasteiger charge is -2.13. The van der Waals surface area contributed by atoms with Gasteiger partial charge in [0, 0.05) is 18.7 Å². The van der Waals surface area contributed by atoms with Crippen molar-refractivity contribution in [2.24, 2.45) is 5.92 Å². The van der Waals surface area contributed by atoms with Crippen molar-refractivity contribution in [1.29, 1.82) is 0 Å². The molecule has 1 aromatic rings. The zero-order valence-corrected chi connectivity index (χ0v) is 9.94. The molecule has 4 nitrogen and oxygen atoms in total. The Bertz CT molecular complexity index is 409. The highest BCUT2D eigenvalue weighted by Crippen LogP contribution is 2.18. The van der Waals surface area contributed by atoms with Gasteiger partial charge in [0.1, 0.15) is 0 Å². The van der Waals surface area contributed by atoms with Gasteiger partial charge in [-0.25, -0.2) is 4.68 Å².